The van der Waals surface area contributed by atoms with Gasteiger partial charge < -0.3 is 16.6 Å². The molecule has 14 heavy (non-hydrogen) atoms. The normalized spacial score (nSPS) is 14.6. The van der Waals surface area contributed by atoms with Gasteiger partial charge in [0.15, 0.2) is 0 Å². The standard InChI is InChI=1S/C9H17N3O2/c1-7(10)12-6-4-2-3-5-8(11)9(13)14/h2,4,8H,3,5-6,11H2,1H3,(H2,10,12)(H,13,14)/b4-2+/t8-/m1/s1. The Kier molecular flexibility index (Phi) is 6.39. The van der Waals surface area contributed by atoms with Gasteiger partial charge in [0.25, 0.3) is 0 Å². The summed E-state index contributed by atoms with van der Waals surface area (Å²) in [5.41, 5.74) is 10.6. The Morgan fingerprint density at radius 3 is 2.71 bits per heavy atom. The molecule has 0 saturated carbocycles. The molecule has 0 rings (SSSR count). The largest absolute Gasteiger partial charge is 0.480 e. The molecular weight excluding hydrogens is 182 g/mol. The zero-order valence-corrected chi connectivity index (χ0v) is 8.31. The van der Waals surface area contributed by atoms with Crippen molar-refractivity contribution >= 4 is 11.8 Å². The van der Waals surface area contributed by atoms with Crippen molar-refractivity contribution in [2.45, 2.75) is 25.8 Å². The lowest BCUT2D eigenvalue weighted by Gasteiger charge is -2.01. The molecule has 0 spiro atoms. The molecule has 0 aromatic rings. The molecule has 80 valence electrons. The van der Waals surface area contributed by atoms with Crippen molar-refractivity contribution in [1.82, 2.24) is 0 Å². The first-order chi connectivity index (χ1) is 6.54. The van der Waals surface area contributed by atoms with Crippen LogP contribution in [-0.2, 0) is 4.79 Å². The molecule has 0 fully saturated rings. The number of carbonyl (C=O) groups is 1. The van der Waals surface area contributed by atoms with Crippen LogP contribution in [0.25, 0.3) is 0 Å². The van der Waals surface area contributed by atoms with Gasteiger partial charge in [-0.15, -0.1) is 0 Å². The smallest absolute Gasteiger partial charge is 0.320 e. The number of hydrogen-bond donors (Lipinski definition) is 3. The summed E-state index contributed by atoms with van der Waals surface area (Å²) in [5, 5.41) is 8.47. The van der Waals surface area contributed by atoms with Crippen LogP contribution in [0.15, 0.2) is 17.1 Å². The lowest BCUT2D eigenvalue weighted by molar-refractivity contribution is -0.138. The first kappa shape index (κ1) is 12.6. The maximum absolute atomic E-state index is 10.3. The van der Waals surface area contributed by atoms with E-state index in [1.54, 1.807) is 6.92 Å². The highest BCUT2D eigenvalue weighted by Crippen LogP contribution is 1.95. The van der Waals surface area contributed by atoms with Crippen molar-refractivity contribution in [1.29, 1.82) is 0 Å². The first-order valence-electron chi connectivity index (χ1n) is 4.44. The van der Waals surface area contributed by atoms with Gasteiger partial charge in [-0.2, -0.15) is 0 Å². The van der Waals surface area contributed by atoms with Gasteiger partial charge in [0.2, 0.25) is 0 Å². The molecule has 0 aromatic carbocycles. The van der Waals surface area contributed by atoms with Crippen molar-refractivity contribution in [3.8, 4) is 0 Å². The highest BCUT2D eigenvalue weighted by Gasteiger charge is 2.08. The van der Waals surface area contributed by atoms with Gasteiger partial charge in [-0.1, -0.05) is 12.2 Å². The molecule has 5 heteroatoms. The van der Waals surface area contributed by atoms with E-state index in [9.17, 15) is 4.79 Å². The number of rotatable bonds is 6. The van der Waals surface area contributed by atoms with Crippen LogP contribution >= 0.6 is 0 Å². The second-order valence-corrected chi connectivity index (χ2v) is 2.98. The Morgan fingerprint density at radius 2 is 2.21 bits per heavy atom. The van der Waals surface area contributed by atoms with Crippen LogP contribution in [0.1, 0.15) is 19.8 Å². The fourth-order valence-corrected chi connectivity index (χ4v) is 0.788. The quantitative estimate of drug-likeness (QED) is 0.321. The van der Waals surface area contributed by atoms with E-state index < -0.39 is 12.0 Å². The number of hydrogen-bond acceptors (Lipinski definition) is 3. The van der Waals surface area contributed by atoms with Crippen molar-refractivity contribution in [2.75, 3.05) is 6.54 Å². The molecule has 0 amide bonds. The predicted octanol–water partition coefficient (Wildman–Crippen LogP) is 0.112. The Hall–Kier alpha value is -1.36. The van der Waals surface area contributed by atoms with Gasteiger partial charge in [0.1, 0.15) is 6.04 Å². The summed E-state index contributed by atoms with van der Waals surface area (Å²) in [6.07, 6.45) is 4.78. The highest BCUT2D eigenvalue weighted by molar-refractivity contribution is 5.77. The van der Waals surface area contributed by atoms with Gasteiger partial charge in [-0.05, 0) is 19.8 Å². The lowest BCUT2D eigenvalue weighted by atomic mass is 10.1. The molecular formula is C9H17N3O2. The number of nitrogens with two attached hydrogens (primary N) is 2. The third-order valence-electron chi connectivity index (χ3n) is 1.57. The van der Waals surface area contributed by atoms with E-state index in [4.69, 9.17) is 16.6 Å². The fourth-order valence-electron chi connectivity index (χ4n) is 0.788. The van der Waals surface area contributed by atoms with Crippen LogP contribution in [0.4, 0.5) is 0 Å². The zero-order chi connectivity index (χ0) is 11.0. The van der Waals surface area contributed by atoms with Gasteiger partial charge in [-0.3, -0.25) is 9.79 Å². The SMILES string of the molecule is CC(N)=NC/C=C/CC[C@@H](N)C(=O)O. The molecule has 0 saturated heterocycles. The minimum atomic E-state index is -0.964. The fraction of sp³-hybridized carbons (Fsp3) is 0.556. The van der Waals surface area contributed by atoms with Gasteiger partial charge >= 0.3 is 5.97 Å². The number of allylic oxidation sites excluding steroid dienone is 1. The van der Waals surface area contributed by atoms with Gasteiger partial charge in [-0.25, -0.2) is 0 Å². The second kappa shape index (κ2) is 7.08. The second-order valence-electron chi connectivity index (χ2n) is 2.98. The van der Waals surface area contributed by atoms with Crippen molar-refractivity contribution in [2.24, 2.45) is 16.5 Å². The highest BCUT2D eigenvalue weighted by atomic mass is 16.4. The summed E-state index contributed by atoms with van der Waals surface area (Å²) >= 11 is 0. The summed E-state index contributed by atoms with van der Waals surface area (Å²) in [4.78, 5) is 14.3. The first-order valence-corrected chi connectivity index (χ1v) is 4.44. The average Bonchev–Trinajstić information content (AvgIpc) is 2.09. The Bertz CT molecular complexity index is 232. The van der Waals surface area contributed by atoms with E-state index in [-0.39, 0.29) is 0 Å². The van der Waals surface area contributed by atoms with Crippen LogP contribution in [0.3, 0.4) is 0 Å². The van der Waals surface area contributed by atoms with Crippen LogP contribution in [0.5, 0.6) is 0 Å². The van der Waals surface area contributed by atoms with Crippen molar-refractivity contribution in [3.63, 3.8) is 0 Å². The monoisotopic (exact) mass is 199 g/mol. The number of amidine groups is 1. The van der Waals surface area contributed by atoms with Gasteiger partial charge in [0.05, 0.1) is 12.4 Å². The summed E-state index contributed by atoms with van der Waals surface area (Å²) in [6, 6.07) is -0.778. The third kappa shape index (κ3) is 7.30. The predicted molar refractivity (Wildman–Crippen MR) is 56.1 cm³/mol. The van der Waals surface area contributed by atoms with Crippen LogP contribution in [-0.4, -0.2) is 29.5 Å². The van der Waals surface area contributed by atoms with Crippen LogP contribution < -0.4 is 11.5 Å². The molecule has 0 aliphatic heterocycles. The lowest BCUT2D eigenvalue weighted by Crippen LogP contribution is -2.29. The molecule has 1 atom stereocenters. The van der Waals surface area contributed by atoms with Gasteiger partial charge in [0, 0.05) is 0 Å². The van der Waals surface area contributed by atoms with Crippen LogP contribution in [0.2, 0.25) is 0 Å². The van der Waals surface area contributed by atoms with Crippen molar-refractivity contribution < 1.29 is 9.90 Å². The molecule has 5 N–H and O–H groups in total. The molecule has 0 heterocycles. The topological polar surface area (TPSA) is 102 Å². The zero-order valence-electron chi connectivity index (χ0n) is 8.31. The molecule has 0 bridgehead atoms. The maximum atomic E-state index is 10.3. The molecule has 5 nitrogen and oxygen atoms in total. The number of nitrogens with zero attached hydrogens (tertiary/aromatic N) is 1. The minimum Gasteiger partial charge on any atom is -0.480 e. The molecule has 0 radical (unpaired) electrons. The van der Waals surface area contributed by atoms with E-state index >= 15 is 0 Å². The number of carboxylic acid groups (broad SMARTS) is 1. The minimum absolute atomic E-state index is 0.442. The van der Waals surface area contributed by atoms with E-state index in [2.05, 4.69) is 4.99 Å². The van der Waals surface area contributed by atoms with E-state index in [0.29, 0.717) is 25.2 Å². The summed E-state index contributed by atoms with van der Waals surface area (Å²) in [6.45, 7) is 2.25. The Morgan fingerprint density at radius 1 is 1.57 bits per heavy atom. The molecule has 0 aromatic heterocycles. The number of carboxylic acids is 1. The number of aliphatic carboxylic acids is 1. The maximum Gasteiger partial charge on any atom is 0.320 e. The summed E-state index contributed by atoms with van der Waals surface area (Å²) in [7, 11) is 0. The third-order valence-corrected chi connectivity index (χ3v) is 1.57. The Balaban J connectivity index is 3.54. The van der Waals surface area contributed by atoms with Crippen molar-refractivity contribution in [3.05, 3.63) is 12.2 Å². The van der Waals surface area contributed by atoms with E-state index in [0.717, 1.165) is 0 Å². The molecule has 0 aliphatic carbocycles. The van der Waals surface area contributed by atoms with E-state index in [1.807, 2.05) is 12.2 Å². The average molecular weight is 199 g/mol. The Labute approximate surface area is 83.5 Å². The number of aliphatic imine (C=N–C) groups is 1. The molecule has 0 aliphatic rings. The summed E-state index contributed by atoms with van der Waals surface area (Å²) in [5.74, 6) is -0.425. The van der Waals surface area contributed by atoms with E-state index in [1.165, 1.54) is 0 Å². The molecule has 0 unspecified atom stereocenters. The summed E-state index contributed by atoms with van der Waals surface area (Å²) < 4.78 is 0. The van der Waals surface area contributed by atoms with Crippen LogP contribution in [0, 0.1) is 0 Å².